The molecule has 0 saturated heterocycles. The van der Waals surface area contributed by atoms with E-state index in [1.165, 1.54) is 11.3 Å². The zero-order valence-corrected chi connectivity index (χ0v) is 20.7. The molecule has 0 aliphatic carbocycles. The average Bonchev–Trinajstić information content (AvgIpc) is 3.46. The SMILES string of the molecule is CCOC(=O)c1c(-c2ccccc2)oc2cc(Br)c3oc(=O)c(-c4nc5ccccc5s4)cc3c12. The fourth-order valence-electron chi connectivity index (χ4n) is 4.16. The van der Waals surface area contributed by atoms with Gasteiger partial charge >= 0.3 is 11.6 Å². The minimum atomic E-state index is -0.513. The maximum Gasteiger partial charge on any atom is 0.346 e. The monoisotopic (exact) mass is 545 g/mol. The Balaban J connectivity index is 1.71. The van der Waals surface area contributed by atoms with E-state index in [0.29, 0.717) is 42.7 Å². The van der Waals surface area contributed by atoms with E-state index in [4.69, 9.17) is 13.6 Å². The standard InChI is InChI=1S/C27H16BrNO5S/c1-2-32-27(31)22-21-15-12-16(25-29-18-10-6-7-11-20(18)35-25)26(30)34-24(15)17(28)13-19(21)33-23(22)14-8-4-3-5-9-14/h3-13H,2H2,1H3. The molecular formula is C27H16BrNO5S. The molecule has 0 saturated carbocycles. The van der Waals surface area contributed by atoms with Crippen molar-refractivity contribution < 1.29 is 18.4 Å². The van der Waals surface area contributed by atoms with E-state index in [0.717, 1.165) is 15.8 Å². The van der Waals surface area contributed by atoms with Crippen LogP contribution in [-0.2, 0) is 4.74 Å². The van der Waals surface area contributed by atoms with Crippen molar-refractivity contribution in [3.8, 4) is 21.9 Å². The van der Waals surface area contributed by atoms with Crippen molar-refractivity contribution in [1.29, 1.82) is 0 Å². The number of para-hydroxylation sites is 1. The molecule has 0 N–H and O–H groups in total. The van der Waals surface area contributed by atoms with Gasteiger partial charge in [-0.05, 0) is 47.1 Å². The Morgan fingerprint density at radius 1 is 1.06 bits per heavy atom. The molecule has 8 heteroatoms. The molecule has 3 aromatic carbocycles. The van der Waals surface area contributed by atoms with Crippen LogP contribution < -0.4 is 5.63 Å². The number of aromatic nitrogens is 1. The first-order valence-electron chi connectivity index (χ1n) is 10.9. The minimum absolute atomic E-state index is 0.209. The Kier molecular flexibility index (Phi) is 5.27. The fourth-order valence-corrected chi connectivity index (χ4v) is 5.63. The van der Waals surface area contributed by atoms with Crippen molar-refractivity contribution in [1.82, 2.24) is 4.98 Å². The summed E-state index contributed by atoms with van der Waals surface area (Å²) in [6, 6.07) is 20.5. The van der Waals surface area contributed by atoms with Gasteiger partial charge in [0, 0.05) is 16.3 Å². The number of hydrogen-bond donors (Lipinski definition) is 0. The number of esters is 1. The second kappa shape index (κ2) is 8.48. The lowest BCUT2D eigenvalue weighted by molar-refractivity contribution is 0.0529. The molecule has 0 bridgehead atoms. The Morgan fingerprint density at radius 3 is 2.60 bits per heavy atom. The predicted octanol–water partition coefficient (Wildman–Crippen LogP) is 7.42. The van der Waals surface area contributed by atoms with E-state index in [9.17, 15) is 9.59 Å². The molecule has 0 aliphatic rings. The number of ether oxygens (including phenoxy) is 1. The van der Waals surface area contributed by atoms with Crippen LogP contribution in [0.5, 0.6) is 0 Å². The molecule has 0 amide bonds. The molecule has 3 aromatic heterocycles. The van der Waals surface area contributed by atoms with Gasteiger partial charge in [-0.2, -0.15) is 0 Å². The topological polar surface area (TPSA) is 82.5 Å². The largest absolute Gasteiger partial charge is 0.462 e. The van der Waals surface area contributed by atoms with Gasteiger partial charge in [-0.25, -0.2) is 14.6 Å². The number of furan rings is 1. The van der Waals surface area contributed by atoms with Crippen LogP contribution in [0.25, 0.3) is 54.0 Å². The number of hydrogen-bond acceptors (Lipinski definition) is 7. The van der Waals surface area contributed by atoms with E-state index < -0.39 is 11.6 Å². The van der Waals surface area contributed by atoms with E-state index >= 15 is 0 Å². The Labute approximate surface area is 210 Å². The fraction of sp³-hybridized carbons (Fsp3) is 0.0741. The Bertz CT molecular complexity index is 1780. The number of fused-ring (bicyclic) bond motifs is 4. The summed E-state index contributed by atoms with van der Waals surface area (Å²) < 4.78 is 18.9. The molecule has 0 fully saturated rings. The van der Waals surface area contributed by atoms with Crippen LogP contribution in [0.2, 0.25) is 0 Å². The Hall–Kier alpha value is -3.75. The molecule has 0 aliphatic heterocycles. The first-order chi connectivity index (χ1) is 17.0. The lowest BCUT2D eigenvalue weighted by atomic mass is 10.0. The van der Waals surface area contributed by atoms with Gasteiger partial charge in [0.2, 0.25) is 0 Å². The number of thiazole rings is 1. The number of benzene rings is 3. The molecule has 35 heavy (non-hydrogen) atoms. The summed E-state index contributed by atoms with van der Waals surface area (Å²) in [5.41, 5.74) is 2.41. The summed E-state index contributed by atoms with van der Waals surface area (Å²) in [5.74, 6) is -0.118. The minimum Gasteiger partial charge on any atom is -0.462 e. The summed E-state index contributed by atoms with van der Waals surface area (Å²) in [5, 5.41) is 1.61. The van der Waals surface area contributed by atoms with Crippen LogP contribution in [0.3, 0.4) is 0 Å². The lowest BCUT2D eigenvalue weighted by Crippen LogP contribution is -2.06. The van der Waals surface area contributed by atoms with E-state index in [-0.39, 0.29) is 12.2 Å². The van der Waals surface area contributed by atoms with Crippen molar-refractivity contribution in [2.45, 2.75) is 6.92 Å². The van der Waals surface area contributed by atoms with Crippen LogP contribution in [0.4, 0.5) is 0 Å². The summed E-state index contributed by atoms with van der Waals surface area (Å²) in [6.07, 6.45) is 0. The molecule has 0 atom stereocenters. The van der Waals surface area contributed by atoms with Gasteiger partial charge in [0.25, 0.3) is 0 Å². The highest BCUT2D eigenvalue weighted by Gasteiger charge is 2.27. The molecule has 172 valence electrons. The smallest absolute Gasteiger partial charge is 0.346 e. The van der Waals surface area contributed by atoms with Crippen molar-refractivity contribution >= 4 is 65.4 Å². The lowest BCUT2D eigenvalue weighted by Gasteiger charge is -2.06. The molecule has 6 nitrogen and oxygen atoms in total. The van der Waals surface area contributed by atoms with Gasteiger partial charge in [-0.15, -0.1) is 11.3 Å². The van der Waals surface area contributed by atoms with Gasteiger partial charge in [-0.1, -0.05) is 42.5 Å². The number of carbonyl (C=O) groups is 1. The first-order valence-corrected chi connectivity index (χ1v) is 12.5. The molecule has 0 unspecified atom stereocenters. The van der Waals surface area contributed by atoms with Crippen molar-refractivity contribution in [3.63, 3.8) is 0 Å². The van der Waals surface area contributed by atoms with Crippen LogP contribution in [-0.4, -0.2) is 17.6 Å². The third kappa shape index (κ3) is 3.57. The number of rotatable bonds is 4. The van der Waals surface area contributed by atoms with Gasteiger partial charge in [0.1, 0.15) is 21.9 Å². The Morgan fingerprint density at radius 2 is 1.83 bits per heavy atom. The molecule has 6 rings (SSSR count). The van der Waals surface area contributed by atoms with Crippen molar-refractivity contribution in [2.24, 2.45) is 0 Å². The van der Waals surface area contributed by atoms with E-state index in [2.05, 4.69) is 20.9 Å². The van der Waals surface area contributed by atoms with Gasteiger partial charge in [0.05, 0.1) is 26.9 Å². The summed E-state index contributed by atoms with van der Waals surface area (Å²) in [4.78, 5) is 30.8. The van der Waals surface area contributed by atoms with Crippen LogP contribution >= 0.6 is 27.3 Å². The van der Waals surface area contributed by atoms with Gasteiger partial charge in [-0.3, -0.25) is 0 Å². The second-order valence-corrected chi connectivity index (χ2v) is 9.69. The van der Waals surface area contributed by atoms with E-state index in [1.54, 1.807) is 19.1 Å². The van der Waals surface area contributed by atoms with Crippen LogP contribution in [0.15, 0.2) is 84.8 Å². The average molecular weight is 546 g/mol. The third-order valence-electron chi connectivity index (χ3n) is 5.67. The van der Waals surface area contributed by atoms with Crippen molar-refractivity contribution in [2.75, 3.05) is 6.61 Å². The van der Waals surface area contributed by atoms with Gasteiger partial charge in [0.15, 0.2) is 5.58 Å². The highest BCUT2D eigenvalue weighted by Crippen LogP contribution is 2.42. The highest BCUT2D eigenvalue weighted by molar-refractivity contribution is 9.10. The number of carbonyl (C=O) groups excluding carboxylic acids is 1. The van der Waals surface area contributed by atoms with Crippen LogP contribution in [0.1, 0.15) is 17.3 Å². The number of nitrogens with zero attached hydrogens (tertiary/aromatic N) is 1. The third-order valence-corrected chi connectivity index (χ3v) is 7.33. The van der Waals surface area contributed by atoms with Crippen molar-refractivity contribution in [3.05, 3.63) is 87.2 Å². The van der Waals surface area contributed by atoms with E-state index in [1.807, 2.05) is 54.6 Å². The molecule has 6 aromatic rings. The normalized spacial score (nSPS) is 11.5. The molecule has 3 heterocycles. The summed E-state index contributed by atoms with van der Waals surface area (Å²) >= 11 is 4.90. The summed E-state index contributed by atoms with van der Waals surface area (Å²) in [7, 11) is 0. The zero-order chi connectivity index (χ0) is 24.1. The number of halogens is 1. The first kappa shape index (κ1) is 21.8. The molecule has 0 radical (unpaired) electrons. The zero-order valence-electron chi connectivity index (χ0n) is 18.3. The maximum absolute atomic E-state index is 13.2. The van der Waals surface area contributed by atoms with Gasteiger partial charge < -0.3 is 13.6 Å². The highest BCUT2D eigenvalue weighted by atomic mass is 79.9. The quantitative estimate of drug-likeness (QED) is 0.169. The summed E-state index contributed by atoms with van der Waals surface area (Å²) in [6.45, 7) is 1.96. The van der Waals surface area contributed by atoms with Crippen LogP contribution in [0, 0.1) is 0 Å². The molecular weight excluding hydrogens is 530 g/mol. The second-order valence-electron chi connectivity index (χ2n) is 7.80. The molecule has 0 spiro atoms. The maximum atomic E-state index is 13.2. The predicted molar refractivity (Wildman–Crippen MR) is 140 cm³/mol.